The second-order valence-corrected chi connectivity index (χ2v) is 6.88. The molecule has 0 spiro atoms. The number of nitrogens with zero attached hydrogens (tertiary/aromatic N) is 1. The first-order valence-electron chi connectivity index (χ1n) is 7.70. The maximum absolute atomic E-state index is 13.6. The molecule has 4 nitrogen and oxygen atoms in total. The number of hydrogen-bond donors (Lipinski definition) is 1. The Bertz CT molecular complexity index is 696. The van der Waals surface area contributed by atoms with Crippen molar-refractivity contribution in [3.8, 4) is 0 Å². The molecule has 1 N–H and O–H groups in total. The van der Waals surface area contributed by atoms with Gasteiger partial charge in [-0.05, 0) is 37.0 Å². The molecule has 122 valence electrons. The van der Waals surface area contributed by atoms with Crippen molar-refractivity contribution in [3.05, 3.63) is 46.2 Å². The highest BCUT2D eigenvalue weighted by Crippen LogP contribution is 2.24. The molecule has 23 heavy (non-hydrogen) atoms. The second kappa shape index (κ2) is 7.19. The lowest BCUT2D eigenvalue weighted by molar-refractivity contribution is -0.122. The lowest BCUT2D eigenvalue weighted by atomic mass is 10.00. The number of carbonyl (C=O) groups is 1. The number of nitrogens with one attached hydrogen (secondary N) is 1. The second-order valence-electron chi connectivity index (χ2n) is 5.77. The van der Waals surface area contributed by atoms with Gasteiger partial charge in [-0.3, -0.25) is 4.79 Å². The fourth-order valence-electron chi connectivity index (χ4n) is 2.56. The number of amides is 1. The van der Waals surface area contributed by atoms with E-state index in [9.17, 15) is 9.18 Å². The highest BCUT2D eigenvalue weighted by Gasteiger charge is 2.22. The molecule has 0 bridgehead atoms. The van der Waals surface area contributed by atoms with Crippen LogP contribution in [0.5, 0.6) is 0 Å². The molecule has 1 aromatic carbocycles. The zero-order valence-electron chi connectivity index (χ0n) is 13.0. The maximum Gasteiger partial charge on any atom is 0.229 e. The number of ether oxygens (including phenoxy) is 1. The number of carbonyl (C=O) groups excluding carboxylic acids is 1. The van der Waals surface area contributed by atoms with Gasteiger partial charge in [0.1, 0.15) is 5.82 Å². The summed E-state index contributed by atoms with van der Waals surface area (Å²) in [5, 5.41) is 3.48. The van der Waals surface area contributed by atoms with Crippen molar-refractivity contribution in [3.63, 3.8) is 0 Å². The molecule has 1 aliphatic rings. The summed E-state index contributed by atoms with van der Waals surface area (Å²) in [6.07, 6.45) is 3.86. The van der Waals surface area contributed by atoms with E-state index in [1.54, 1.807) is 25.3 Å². The van der Waals surface area contributed by atoms with Crippen molar-refractivity contribution >= 4 is 22.4 Å². The van der Waals surface area contributed by atoms with Crippen LogP contribution in [0.25, 0.3) is 0 Å². The lowest BCUT2D eigenvalue weighted by Crippen LogP contribution is -2.28. The van der Waals surface area contributed by atoms with E-state index in [0.717, 1.165) is 23.3 Å². The first kappa shape index (κ1) is 16.1. The number of aryl methyl sites for hydroxylation is 1. The average molecular weight is 334 g/mol. The van der Waals surface area contributed by atoms with Crippen LogP contribution >= 0.6 is 11.3 Å². The van der Waals surface area contributed by atoms with E-state index >= 15 is 0 Å². The quantitative estimate of drug-likeness (QED) is 0.930. The third-order valence-corrected chi connectivity index (χ3v) is 4.90. The van der Waals surface area contributed by atoms with Crippen LogP contribution in [0.4, 0.5) is 9.52 Å². The number of thiazole rings is 1. The highest BCUT2D eigenvalue weighted by molar-refractivity contribution is 7.15. The lowest BCUT2D eigenvalue weighted by Gasteiger charge is -2.20. The molecule has 0 saturated carbocycles. The molecule has 0 unspecified atom stereocenters. The van der Waals surface area contributed by atoms with E-state index in [4.69, 9.17) is 4.74 Å². The number of halogens is 1. The number of rotatable bonds is 4. The van der Waals surface area contributed by atoms with Crippen molar-refractivity contribution in [2.75, 3.05) is 18.5 Å². The summed E-state index contributed by atoms with van der Waals surface area (Å²) < 4.78 is 18.9. The number of benzene rings is 1. The monoisotopic (exact) mass is 334 g/mol. The van der Waals surface area contributed by atoms with Crippen molar-refractivity contribution in [1.29, 1.82) is 0 Å². The predicted octanol–water partition coefficient (Wildman–Crippen LogP) is 3.55. The van der Waals surface area contributed by atoms with E-state index in [1.807, 2.05) is 6.07 Å². The molecule has 1 amide bonds. The number of hydrogen-bond acceptors (Lipinski definition) is 4. The standard InChI is InChI=1S/C17H19FN2O2S/c1-11-2-3-12(9-15(11)18)8-14-10-19-17(23-14)20-16(21)13-4-6-22-7-5-13/h2-3,9-10,13H,4-8H2,1H3,(H,19,20,21). The molecular formula is C17H19FN2O2S. The van der Waals surface area contributed by atoms with Gasteiger partial charge in [0, 0.05) is 36.6 Å². The van der Waals surface area contributed by atoms with Crippen LogP contribution in [0.3, 0.4) is 0 Å². The first-order chi connectivity index (χ1) is 11.1. The number of anilines is 1. The van der Waals surface area contributed by atoms with Crippen molar-refractivity contribution in [2.24, 2.45) is 5.92 Å². The summed E-state index contributed by atoms with van der Waals surface area (Å²) in [5.74, 6) is -0.182. The summed E-state index contributed by atoms with van der Waals surface area (Å²) in [6, 6.07) is 5.24. The van der Waals surface area contributed by atoms with Gasteiger partial charge >= 0.3 is 0 Å². The van der Waals surface area contributed by atoms with E-state index in [0.29, 0.717) is 30.3 Å². The molecule has 1 fully saturated rings. The summed E-state index contributed by atoms with van der Waals surface area (Å²) in [5.41, 5.74) is 1.54. The molecule has 6 heteroatoms. The Kier molecular flexibility index (Phi) is 5.03. The van der Waals surface area contributed by atoms with Gasteiger partial charge in [0.05, 0.1) is 0 Å². The largest absolute Gasteiger partial charge is 0.381 e. The summed E-state index contributed by atoms with van der Waals surface area (Å²) >= 11 is 1.43. The Morgan fingerprint density at radius 2 is 2.22 bits per heavy atom. The first-order valence-corrected chi connectivity index (χ1v) is 8.52. The highest BCUT2D eigenvalue weighted by atomic mass is 32.1. The van der Waals surface area contributed by atoms with Gasteiger partial charge in [0.15, 0.2) is 5.13 Å². The van der Waals surface area contributed by atoms with Gasteiger partial charge < -0.3 is 10.1 Å². The zero-order chi connectivity index (χ0) is 16.2. The van der Waals surface area contributed by atoms with Gasteiger partial charge in [-0.1, -0.05) is 12.1 Å². The SMILES string of the molecule is Cc1ccc(Cc2cnc(NC(=O)C3CCOCC3)s2)cc1F. The van der Waals surface area contributed by atoms with E-state index < -0.39 is 0 Å². The smallest absolute Gasteiger partial charge is 0.229 e. The van der Waals surface area contributed by atoms with Gasteiger partial charge in [0.25, 0.3) is 0 Å². The minimum Gasteiger partial charge on any atom is -0.381 e. The Labute approximate surface area is 138 Å². The topological polar surface area (TPSA) is 51.2 Å². The predicted molar refractivity (Wildman–Crippen MR) is 88.2 cm³/mol. The van der Waals surface area contributed by atoms with E-state index in [1.165, 1.54) is 11.3 Å². The third-order valence-electron chi connectivity index (χ3n) is 3.99. The molecule has 1 saturated heterocycles. The molecule has 1 aromatic heterocycles. The van der Waals surface area contributed by atoms with E-state index in [-0.39, 0.29) is 17.6 Å². The molecule has 3 rings (SSSR count). The van der Waals surface area contributed by atoms with Crippen LogP contribution in [0.15, 0.2) is 24.4 Å². The zero-order valence-corrected chi connectivity index (χ0v) is 13.8. The van der Waals surface area contributed by atoms with Crippen LogP contribution in [-0.2, 0) is 16.0 Å². The Hall–Kier alpha value is -1.79. The summed E-state index contributed by atoms with van der Waals surface area (Å²) in [6.45, 7) is 3.02. The van der Waals surface area contributed by atoms with Gasteiger partial charge in [-0.25, -0.2) is 9.37 Å². The van der Waals surface area contributed by atoms with Crippen LogP contribution in [0, 0.1) is 18.7 Å². The van der Waals surface area contributed by atoms with Crippen LogP contribution in [0.2, 0.25) is 0 Å². The third kappa shape index (κ3) is 4.14. The number of aromatic nitrogens is 1. The van der Waals surface area contributed by atoms with Gasteiger partial charge in [-0.15, -0.1) is 11.3 Å². The Balaban J connectivity index is 1.61. The minimum atomic E-state index is -0.194. The molecule has 2 heterocycles. The van der Waals surface area contributed by atoms with Gasteiger partial charge in [0.2, 0.25) is 5.91 Å². The average Bonchev–Trinajstić information content (AvgIpc) is 2.99. The summed E-state index contributed by atoms with van der Waals surface area (Å²) in [7, 11) is 0. The normalized spacial score (nSPS) is 15.6. The van der Waals surface area contributed by atoms with Crippen LogP contribution in [-0.4, -0.2) is 24.1 Å². The molecule has 0 atom stereocenters. The summed E-state index contributed by atoms with van der Waals surface area (Å²) in [4.78, 5) is 17.4. The van der Waals surface area contributed by atoms with Gasteiger partial charge in [-0.2, -0.15) is 0 Å². The van der Waals surface area contributed by atoms with Crippen LogP contribution in [0.1, 0.15) is 28.8 Å². The molecule has 0 radical (unpaired) electrons. The van der Waals surface area contributed by atoms with Crippen molar-refractivity contribution in [1.82, 2.24) is 4.98 Å². The van der Waals surface area contributed by atoms with Crippen LogP contribution < -0.4 is 5.32 Å². The molecule has 0 aliphatic carbocycles. The molecular weight excluding hydrogens is 315 g/mol. The Morgan fingerprint density at radius 3 is 2.96 bits per heavy atom. The Morgan fingerprint density at radius 1 is 1.43 bits per heavy atom. The van der Waals surface area contributed by atoms with Crippen molar-refractivity contribution < 1.29 is 13.9 Å². The fraction of sp³-hybridized carbons (Fsp3) is 0.412. The maximum atomic E-state index is 13.6. The molecule has 2 aromatic rings. The minimum absolute atomic E-state index is 0.00212. The molecule has 1 aliphatic heterocycles. The van der Waals surface area contributed by atoms with Crippen molar-refractivity contribution in [2.45, 2.75) is 26.2 Å². The van der Waals surface area contributed by atoms with E-state index in [2.05, 4.69) is 10.3 Å². The fourth-order valence-corrected chi connectivity index (χ4v) is 3.41.